The summed E-state index contributed by atoms with van der Waals surface area (Å²) >= 11 is 0. The number of ether oxygens (including phenoxy) is 1. The summed E-state index contributed by atoms with van der Waals surface area (Å²) in [5.41, 5.74) is 2.00. The first kappa shape index (κ1) is 18.0. The lowest BCUT2D eigenvalue weighted by Gasteiger charge is -2.22. The summed E-state index contributed by atoms with van der Waals surface area (Å²) in [4.78, 5) is 6.59. The van der Waals surface area contributed by atoms with Crippen LogP contribution in [-0.2, 0) is 6.54 Å². The van der Waals surface area contributed by atoms with Crippen LogP contribution in [0.15, 0.2) is 53.5 Å². The standard InChI is InChI=1S/C20H25FN4O/c1-22-20(23-13-15-6-5-7-16(21)12-15)24-17-10-11-25(14-17)18-8-3-4-9-19(18)26-2/h3-9,12,17H,10-11,13-14H2,1-2H3,(H2,22,23,24). The lowest BCUT2D eigenvalue weighted by atomic mass is 10.2. The molecule has 1 atom stereocenters. The van der Waals surface area contributed by atoms with Gasteiger partial charge in [0.1, 0.15) is 11.6 Å². The SMILES string of the molecule is CN=C(NCc1cccc(F)c1)NC1CCN(c2ccccc2OC)C1. The van der Waals surface area contributed by atoms with Crippen molar-refractivity contribution in [3.05, 3.63) is 59.9 Å². The molecule has 3 rings (SSSR count). The van der Waals surface area contributed by atoms with Crippen LogP contribution in [0.1, 0.15) is 12.0 Å². The van der Waals surface area contributed by atoms with Crippen molar-refractivity contribution in [3.8, 4) is 5.75 Å². The van der Waals surface area contributed by atoms with Crippen molar-refractivity contribution in [2.24, 2.45) is 4.99 Å². The topological polar surface area (TPSA) is 48.9 Å². The highest BCUT2D eigenvalue weighted by Crippen LogP contribution is 2.30. The van der Waals surface area contributed by atoms with Gasteiger partial charge < -0.3 is 20.3 Å². The molecule has 6 heteroatoms. The predicted octanol–water partition coefficient (Wildman–Crippen LogP) is 2.78. The Morgan fingerprint density at radius 3 is 2.88 bits per heavy atom. The van der Waals surface area contributed by atoms with Crippen molar-refractivity contribution in [3.63, 3.8) is 0 Å². The van der Waals surface area contributed by atoms with Gasteiger partial charge in [0.05, 0.1) is 12.8 Å². The molecule has 2 aromatic rings. The maximum Gasteiger partial charge on any atom is 0.191 e. The summed E-state index contributed by atoms with van der Waals surface area (Å²) in [6.07, 6.45) is 1.01. The molecule has 1 fully saturated rings. The lowest BCUT2D eigenvalue weighted by Crippen LogP contribution is -2.44. The van der Waals surface area contributed by atoms with Crippen molar-refractivity contribution in [2.45, 2.75) is 19.0 Å². The molecular formula is C20H25FN4O. The Morgan fingerprint density at radius 2 is 2.12 bits per heavy atom. The summed E-state index contributed by atoms with van der Waals surface area (Å²) < 4.78 is 18.7. The smallest absolute Gasteiger partial charge is 0.191 e. The molecule has 0 radical (unpaired) electrons. The molecule has 26 heavy (non-hydrogen) atoms. The molecule has 1 aliphatic heterocycles. The second kappa shape index (κ2) is 8.56. The molecule has 1 aliphatic rings. The van der Waals surface area contributed by atoms with Crippen molar-refractivity contribution in [1.29, 1.82) is 0 Å². The highest BCUT2D eigenvalue weighted by molar-refractivity contribution is 5.80. The largest absolute Gasteiger partial charge is 0.495 e. The van der Waals surface area contributed by atoms with Gasteiger partial charge in [-0.3, -0.25) is 4.99 Å². The predicted molar refractivity (Wildman–Crippen MR) is 103 cm³/mol. The molecule has 0 aliphatic carbocycles. The molecule has 0 bridgehead atoms. The van der Waals surface area contributed by atoms with Crippen LogP contribution in [0.5, 0.6) is 5.75 Å². The van der Waals surface area contributed by atoms with E-state index in [4.69, 9.17) is 4.74 Å². The van der Waals surface area contributed by atoms with Gasteiger partial charge in [-0.05, 0) is 36.2 Å². The molecule has 0 spiro atoms. The van der Waals surface area contributed by atoms with Gasteiger partial charge in [-0.2, -0.15) is 0 Å². The highest BCUT2D eigenvalue weighted by Gasteiger charge is 2.25. The van der Waals surface area contributed by atoms with Gasteiger partial charge in [0.2, 0.25) is 0 Å². The molecule has 2 aromatic carbocycles. The third-order valence-electron chi connectivity index (χ3n) is 4.53. The van der Waals surface area contributed by atoms with E-state index < -0.39 is 0 Å². The molecule has 1 unspecified atom stereocenters. The van der Waals surface area contributed by atoms with Crippen LogP contribution in [0.3, 0.4) is 0 Å². The molecule has 0 amide bonds. The van der Waals surface area contributed by atoms with E-state index in [1.807, 2.05) is 24.3 Å². The number of anilines is 1. The third kappa shape index (κ3) is 4.45. The Hall–Kier alpha value is -2.76. The van der Waals surface area contributed by atoms with Crippen LogP contribution in [0.4, 0.5) is 10.1 Å². The van der Waals surface area contributed by atoms with Crippen LogP contribution < -0.4 is 20.3 Å². The fourth-order valence-corrected chi connectivity index (χ4v) is 3.21. The number of benzene rings is 2. The van der Waals surface area contributed by atoms with Gasteiger partial charge in [-0.1, -0.05) is 24.3 Å². The van der Waals surface area contributed by atoms with E-state index in [1.165, 1.54) is 12.1 Å². The summed E-state index contributed by atoms with van der Waals surface area (Å²) in [5.74, 6) is 1.39. The van der Waals surface area contributed by atoms with Crippen LogP contribution in [0.25, 0.3) is 0 Å². The lowest BCUT2D eigenvalue weighted by molar-refractivity contribution is 0.415. The molecule has 138 valence electrons. The molecule has 1 heterocycles. The van der Waals surface area contributed by atoms with Crippen molar-refractivity contribution in [1.82, 2.24) is 10.6 Å². The number of para-hydroxylation sites is 2. The number of hydrogen-bond donors (Lipinski definition) is 2. The first-order chi connectivity index (χ1) is 12.7. The normalized spacial score (nSPS) is 17.3. The van der Waals surface area contributed by atoms with E-state index in [2.05, 4.69) is 26.6 Å². The molecule has 0 aromatic heterocycles. The maximum absolute atomic E-state index is 13.3. The number of rotatable bonds is 5. The van der Waals surface area contributed by atoms with E-state index in [1.54, 1.807) is 20.2 Å². The maximum atomic E-state index is 13.3. The van der Waals surface area contributed by atoms with E-state index in [0.29, 0.717) is 12.6 Å². The fourth-order valence-electron chi connectivity index (χ4n) is 3.21. The number of aliphatic imine (C=N–C) groups is 1. The summed E-state index contributed by atoms with van der Waals surface area (Å²) in [6.45, 7) is 2.36. The van der Waals surface area contributed by atoms with E-state index in [-0.39, 0.29) is 5.82 Å². The average molecular weight is 356 g/mol. The highest BCUT2D eigenvalue weighted by atomic mass is 19.1. The third-order valence-corrected chi connectivity index (χ3v) is 4.53. The number of guanidine groups is 1. The van der Waals surface area contributed by atoms with Gasteiger partial charge in [0, 0.05) is 32.7 Å². The molecule has 1 saturated heterocycles. The Morgan fingerprint density at radius 1 is 1.27 bits per heavy atom. The minimum Gasteiger partial charge on any atom is -0.495 e. The first-order valence-electron chi connectivity index (χ1n) is 8.79. The minimum atomic E-state index is -0.226. The zero-order chi connectivity index (χ0) is 18.4. The summed E-state index contributed by atoms with van der Waals surface area (Å²) in [6, 6.07) is 14.9. The van der Waals surface area contributed by atoms with Gasteiger partial charge in [-0.15, -0.1) is 0 Å². The zero-order valence-corrected chi connectivity index (χ0v) is 15.2. The van der Waals surface area contributed by atoms with Crippen molar-refractivity contribution in [2.75, 3.05) is 32.1 Å². The Bertz CT molecular complexity index is 765. The number of hydrogen-bond acceptors (Lipinski definition) is 3. The molecule has 2 N–H and O–H groups in total. The second-order valence-electron chi connectivity index (χ2n) is 6.30. The van der Waals surface area contributed by atoms with Gasteiger partial charge in [-0.25, -0.2) is 4.39 Å². The quantitative estimate of drug-likeness (QED) is 0.639. The molecule has 5 nitrogen and oxygen atoms in total. The van der Waals surface area contributed by atoms with Crippen LogP contribution in [-0.4, -0.2) is 39.2 Å². The Balaban J connectivity index is 1.55. The first-order valence-corrected chi connectivity index (χ1v) is 8.79. The Labute approximate surface area is 153 Å². The van der Waals surface area contributed by atoms with E-state index in [9.17, 15) is 4.39 Å². The van der Waals surface area contributed by atoms with Crippen LogP contribution in [0, 0.1) is 5.82 Å². The second-order valence-corrected chi connectivity index (χ2v) is 6.30. The van der Waals surface area contributed by atoms with Crippen LogP contribution >= 0.6 is 0 Å². The number of methoxy groups -OCH3 is 1. The fraction of sp³-hybridized carbons (Fsp3) is 0.350. The monoisotopic (exact) mass is 356 g/mol. The number of halogens is 1. The summed E-state index contributed by atoms with van der Waals surface area (Å²) in [7, 11) is 3.44. The minimum absolute atomic E-state index is 0.226. The van der Waals surface area contributed by atoms with Crippen LogP contribution in [0.2, 0.25) is 0 Å². The molecule has 0 saturated carbocycles. The zero-order valence-electron chi connectivity index (χ0n) is 15.2. The average Bonchev–Trinajstić information content (AvgIpc) is 3.13. The van der Waals surface area contributed by atoms with E-state index >= 15 is 0 Å². The summed E-state index contributed by atoms with van der Waals surface area (Å²) in [5, 5.41) is 6.70. The van der Waals surface area contributed by atoms with Gasteiger partial charge >= 0.3 is 0 Å². The number of nitrogens with one attached hydrogen (secondary N) is 2. The van der Waals surface area contributed by atoms with Gasteiger partial charge in [0.25, 0.3) is 0 Å². The number of nitrogens with zero attached hydrogens (tertiary/aromatic N) is 2. The Kier molecular flexibility index (Phi) is 5.94. The van der Waals surface area contributed by atoms with Crippen molar-refractivity contribution >= 4 is 11.6 Å². The molecular weight excluding hydrogens is 331 g/mol. The van der Waals surface area contributed by atoms with E-state index in [0.717, 1.165) is 42.5 Å². The van der Waals surface area contributed by atoms with Crippen molar-refractivity contribution < 1.29 is 9.13 Å². The van der Waals surface area contributed by atoms with Gasteiger partial charge in [0.15, 0.2) is 5.96 Å².